The summed E-state index contributed by atoms with van der Waals surface area (Å²) in [5.41, 5.74) is 2.75. The third-order valence-electron chi connectivity index (χ3n) is 5.24. The molecule has 1 atom stereocenters. The minimum atomic E-state index is -1.92. The average Bonchev–Trinajstić information content (AvgIpc) is 3.00. The van der Waals surface area contributed by atoms with E-state index in [0.717, 1.165) is 28.3 Å². The molecule has 6 nitrogen and oxygen atoms in total. The van der Waals surface area contributed by atoms with E-state index in [1.807, 2.05) is 32.9 Å². The Hall–Kier alpha value is -3.22. The zero-order chi connectivity index (χ0) is 19.5. The third-order valence-corrected chi connectivity index (χ3v) is 5.24. The first kappa shape index (κ1) is 17.2. The summed E-state index contributed by atoms with van der Waals surface area (Å²) in [6, 6.07) is 7.11. The highest BCUT2D eigenvalue weighted by Crippen LogP contribution is 2.43. The molecule has 1 fully saturated rings. The highest BCUT2D eigenvalue weighted by Gasteiger charge is 2.61. The number of fused-ring (bicyclic) bond motifs is 2. The molecular weight excluding hydrogens is 349 g/mol. The van der Waals surface area contributed by atoms with E-state index >= 15 is 0 Å². The van der Waals surface area contributed by atoms with Gasteiger partial charge in [0.25, 0.3) is 11.8 Å². The first-order valence-electron chi connectivity index (χ1n) is 8.56. The van der Waals surface area contributed by atoms with E-state index in [2.05, 4.69) is 10.6 Å². The van der Waals surface area contributed by atoms with Gasteiger partial charge in [0.2, 0.25) is 5.54 Å². The second-order valence-electron chi connectivity index (χ2n) is 7.09. The van der Waals surface area contributed by atoms with Crippen LogP contribution in [0.1, 0.15) is 27.8 Å². The van der Waals surface area contributed by atoms with Gasteiger partial charge < -0.3 is 10.2 Å². The van der Waals surface area contributed by atoms with E-state index in [0.29, 0.717) is 5.69 Å². The molecule has 0 radical (unpaired) electrons. The lowest BCUT2D eigenvalue weighted by atomic mass is 9.91. The fourth-order valence-electron chi connectivity index (χ4n) is 4.04. The molecule has 2 aromatic carbocycles. The molecule has 0 saturated carbocycles. The molecule has 4 rings (SSSR count). The zero-order valence-electron chi connectivity index (χ0n) is 15.1. The van der Waals surface area contributed by atoms with Crippen LogP contribution >= 0.6 is 0 Å². The van der Waals surface area contributed by atoms with E-state index in [1.165, 1.54) is 17.0 Å². The highest BCUT2D eigenvalue weighted by molar-refractivity contribution is 6.27. The summed E-state index contributed by atoms with van der Waals surface area (Å²) in [7, 11) is 0. The molecule has 27 heavy (non-hydrogen) atoms. The summed E-state index contributed by atoms with van der Waals surface area (Å²) in [5, 5.41) is 4.50. The number of urea groups is 1. The molecule has 2 aliphatic rings. The smallest absolute Gasteiger partial charge is 0.312 e. The Morgan fingerprint density at radius 3 is 2.30 bits per heavy atom. The lowest BCUT2D eigenvalue weighted by molar-refractivity contribution is -0.134. The van der Waals surface area contributed by atoms with Crippen molar-refractivity contribution >= 4 is 23.5 Å². The molecule has 1 saturated heterocycles. The maximum Gasteiger partial charge on any atom is 0.323 e. The van der Waals surface area contributed by atoms with Gasteiger partial charge in [-0.3, -0.25) is 14.9 Å². The van der Waals surface area contributed by atoms with E-state index in [1.54, 1.807) is 0 Å². The SMILES string of the molecule is Cc1cc(C)c(CN2C(=O)C3(NC(=O)NC3=O)c3cc(F)ccc32)c(C)c1. The number of hydrogen-bond acceptors (Lipinski definition) is 3. The molecule has 2 N–H and O–H groups in total. The molecule has 0 aromatic heterocycles. The minimum absolute atomic E-state index is 0.151. The van der Waals surface area contributed by atoms with E-state index in [4.69, 9.17) is 0 Å². The second kappa shape index (κ2) is 5.64. The summed E-state index contributed by atoms with van der Waals surface area (Å²) < 4.78 is 13.9. The van der Waals surface area contributed by atoms with Crippen molar-refractivity contribution in [1.29, 1.82) is 0 Å². The summed E-state index contributed by atoms with van der Waals surface area (Å²) in [5.74, 6) is -1.96. The first-order valence-corrected chi connectivity index (χ1v) is 8.56. The van der Waals surface area contributed by atoms with Gasteiger partial charge in [0.05, 0.1) is 12.2 Å². The molecule has 1 spiro atoms. The number of hydrogen-bond donors (Lipinski definition) is 2. The van der Waals surface area contributed by atoms with Gasteiger partial charge in [0.1, 0.15) is 5.82 Å². The van der Waals surface area contributed by atoms with E-state index < -0.39 is 29.2 Å². The van der Waals surface area contributed by atoms with E-state index in [-0.39, 0.29) is 12.1 Å². The number of halogens is 1. The van der Waals surface area contributed by atoms with E-state index in [9.17, 15) is 18.8 Å². The van der Waals surface area contributed by atoms with Crippen molar-refractivity contribution in [2.45, 2.75) is 32.9 Å². The van der Waals surface area contributed by atoms with Crippen molar-refractivity contribution in [1.82, 2.24) is 10.6 Å². The quantitative estimate of drug-likeness (QED) is 0.632. The van der Waals surface area contributed by atoms with Gasteiger partial charge in [-0.2, -0.15) is 0 Å². The van der Waals surface area contributed by atoms with Crippen LogP contribution in [0.4, 0.5) is 14.9 Å². The number of aryl methyl sites for hydroxylation is 3. The summed E-state index contributed by atoms with van der Waals surface area (Å²) in [4.78, 5) is 39.0. The first-order chi connectivity index (χ1) is 12.7. The predicted octanol–water partition coefficient (Wildman–Crippen LogP) is 2.33. The number of nitrogens with one attached hydrogen (secondary N) is 2. The molecule has 0 aliphatic carbocycles. The van der Waals surface area contributed by atoms with Crippen LogP contribution in [-0.2, 0) is 21.7 Å². The van der Waals surface area contributed by atoms with Crippen LogP contribution in [0, 0.1) is 26.6 Å². The molecule has 4 amide bonds. The number of amides is 4. The molecule has 2 aliphatic heterocycles. The number of carbonyl (C=O) groups is 3. The maximum atomic E-state index is 13.9. The molecule has 138 valence electrons. The maximum absolute atomic E-state index is 13.9. The summed E-state index contributed by atoms with van der Waals surface area (Å²) in [6.45, 7) is 6.14. The largest absolute Gasteiger partial charge is 0.323 e. The van der Waals surface area contributed by atoms with Gasteiger partial charge in [0, 0.05) is 5.56 Å². The van der Waals surface area contributed by atoms with Crippen molar-refractivity contribution in [3.63, 3.8) is 0 Å². The van der Waals surface area contributed by atoms with Crippen molar-refractivity contribution in [2.75, 3.05) is 4.90 Å². The number of benzene rings is 2. The normalized spacial score (nSPS) is 20.9. The van der Waals surface area contributed by atoms with Crippen molar-refractivity contribution in [3.05, 3.63) is 64.0 Å². The summed E-state index contributed by atoms with van der Waals surface area (Å²) >= 11 is 0. The zero-order valence-corrected chi connectivity index (χ0v) is 15.1. The lowest BCUT2D eigenvalue weighted by Crippen LogP contribution is -2.52. The van der Waals surface area contributed by atoms with Gasteiger partial charge in [-0.05, 0) is 55.7 Å². The van der Waals surface area contributed by atoms with Crippen LogP contribution in [0.15, 0.2) is 30.3 Å². The number of rotatable bonds is 2. The van der Waals surface area contributed by atoms with Crippen molar-refractivity contribution in [3.8, 4) is 0 Å². The number of imide groups is 1. The fraction of sp³-hybridized carbons (Fsp3) is 0.250. The van der Waals surface area contributed by atoms with Crippen LogP contribution in [-0.4, -0.2) is 17.8 Å². The topological polar surface area (TPSA) is 78.5 Å². The van der Waals surface area contributed by atoms with Gasteiger partial charge in [-0.1, -0.05) is 17.7 Å². The van der Waals surface area contributed by atoms with Crippen LogP contribution < -0.4 is 15.5 Å². The average molecular weight is 367 g/mol. The minimum Gasteiger partial charge on any atom is -0.312 e. The van der Waals surface area contributed by atoms with Gasteiger partial charge >= 0.3 is 6.03 Å². The number of nitrogens with zero attached hydrogens (tertiary/aromatic N) is 1. The van der Waals surface area contributed by atoms with Gasteiger partial charge in [-0.15, -0.1) is 0 Å². The lowest BCUT2D eigenvalue weighted by Gasteiger charge is -2.23. The van der Waals surface area contributed by atoms with Crippen LogP contribution in [0.2, 0.25) is 0 Å². The molecule has 0 bridgehead atoms. The fourth-order valence-corrected chi connectivity index (χ4v) is 4.04. The van der Waals surface area contributed by atoms with Gasteiger partial charge in [0.15, 0.2) is 0 Å². The Kier molecular flexibility index (Phi) is 3.59. The molecule has 7 heteroatoms. The standard InChI is InChI=1S/C20H18FN3O3/c1-10-6-11(2)14(12(3)7-10)9-24-16-5-4-13(21)8-15(16)20(18(24)26)17(25)22-19(27)23-20/h4-8H,9H2,1-3H3,(H2,22,23,25,27). The predicted molar refractivity (Wildman–Crippen MR) is 96.6 cm³/mol. The van der Waals surface area contributed by atoms with Gasteiger partial charge in [-0.25, -0.2) is 9.18 Å². The Balaban J connectivity index is 1.86. The molecule has 1 unspecified atom stereocenters. The highest BCUT2D eigenvalue weighted by atomic mass is 19.1. The Bertz CT molecular complexity index is 1010. The molecule has 2 aromatic rings. The van der Waals surface area contributed by atoms with Crippen molar-refractivity contribution in [2.24, 2.45) is 0 Å². The Labute approximate surface area is 155 Å². The van der Waals surface area contributed by atoms with Crippen LogP contribution in [0.25, 0.3) is 0 Å². The molecular formula is C20H18FN3O3. The molecule has 2 heterocycles. The van der Waals surface area contributed by atoms with Crippen molar-refractivity contribution < 1.29 is 18.8 Å². The third kappa shape index (κ3) is 2.34. The number of carbonyl (C=O) groups excluding carboxylic acids is 3. The number of anilines is 1. The van der Waals surface area contributed by atoms with Crippen LogP contribution in [0.3, 0.4) is 0 Å². The van der Waals surface area contributed by atoms with Crippen LogP contribution in [0.5, 0.6) is 0 Å². The monoisotopic (exact) mass is 367 g/mol. The second-order valence-corrected chi connectivity index (χ2v) is 7.09. The summed E-state index contributed by atoms with van der Waals surface area (Å²) in [6.07, 6.45) is 0. The Morgan fingerprint density at radius 1 is 1.04 bits per heavy atom. The Morgan fingerprint density at radius 2 is 1.70 bits per heavy atom.